The standard InChI is InChI=1S/C24H31NO5S/c1-4-12-25-15-19(16-29-31(26,27)20-10-8-17(2)9-11-20)30-24-14-21-18(13-22(24)25)6-5-7-23(21)28-3/h5-11,19,22,24H,4,12-16H2,1-3H3/t19-,22+,24+/m1/s1. The molecule has 31 heavy (non-hydrogen) atoms. The first kappa shape index (κ1) is 22.3. The Labute approximate surface area is 185 Å². The molecule has 2 aliphatic rings. The maximum absolute atomic E-state index is 12.6. The number of methoxy groups -OCH3 is 1. The van der Waals surface area contributed by atoms with Crippen molar-refractivity contribution in [3.05, 3.63) is 59.2 Å². The summed E-state index contributed by atoms with van der Waals surface area (Å²) >= 11 is 0. The van der Waals surface area contributed by atoms with E-state index >= 15 is 0 Å². The second kappa shape index (κ2) is 9.28. The molecule has 0 aromatic heterocycles. The first-order valence-corrected chi connectivity index (χ1v) is 12.3. The fraction of sp³-hybridized carbons (Fsp3) is 0.500. The van der Waals surface area contributed by atoms with Crippen LogP contribution in [0.25, 0.3) is 0 Å². The van der Waals surface area contributed by atoms with Crippen LogP contribution in [0.3, 0.4) is 0 Å². The summed E-state index contributed by atoms with van der Waals surface area (Å²) in [6.07, 6.45) is 2.38. The molecular formula is C24H31NO5S. The van der Waals surface area contributed by atoms with Crippen LogP contribution in [0.5, 0.6) is 5.75 Å². The molecule has 0 spiro atoms. The van der Waals surface area contributed by atoms with Gasteiger partial charge in [0.2, 0.25) is 0 Å². The van der Waals surface area contributed by atoms with Crippen molar-refractivity contribution in [1.29, 1.82) is 0 Å². The van der Waals surface area contributed by atoms with Crippen molar-refractivity contribution in [3.63, 3.8) is 0 Å². The molecule has 0 N–H and O–H groups in total. The lowest BCUT2D eigenvalue weighted by Gasteiger charge is -2.47. The van der Waals surface area contributed by atoms with Crippen molar-refractivity contribution in [2.24, 2.45) is 0 Å². The third-order valence-corrected chi connectivity index (χ3v) is 7.51. The van der Waals surface area contributed by atoms with Crippen LogP contribution in [0.1, 0.15) is 30.0 Å². The van der Waals surface area contributed by atoms with E-state index in [1.54, 1.807) is 31.4 Å². The van der Waals surface area contributed by atoms with Gasteiger partial charge in [-0.2, -0.15) is 8.42 Å². The summed E-state index contributed by atoms with van der Waals surface area (Å²) in [6, 6.07) is 13.2. The Bertz CT molecular complexity index is 1010. The van der Waals surface area contributed by atoms with Crippen molar-refractivity contribution in [2.45, 2.75) is 56.3 Å². The Kier molecular flexibility index (Phi) is 6.67. The predicted octanol–water partition coefficient (Wildman–Crippen LogP) is 3.36. The molecular weight excluding hydrogens is 414 g/mol. The Hall–Kier alpha value is -1.93. The van der Waals surface area contributed by atoms with E-state index in [1.807, 2.05) is 19.1 Å². The molecule has 0 saturated carbocycles. The SMILES string of the molecule is CCCN1C[C@H](COS(=O)(=O)c2ccc(C)cc2)O[C@H]2Cc3c(cccc3OC)C[C@@H]21. The fourth-order valence-electron chi connectivity index (χ4n) is 4.68. The molecule has 6 nitrogen and oxygen atoms in total. The van der Waals surface area contributed by atoms with Gasteiger partial charge in [-0.3, -0.25) is 9.08 Å². The van der Waals surface area contributed by atoms with E-state index in [1.165, 1.54) is 11.1 Å². The van der Waals surface area contributed by atoms with Crippen LogP contribution < -0.4 is 4.74 Å². The highest BCUT2D eigenvalue weighted by Gasteiger charge is 2.41. The Morgan fingerprint density at radius 2 is 1.90 bits per heavy atom. The van der Waals surface area contributed by atoms with Crippen LogP contribution in [0, 0.1) is 6.92 Å². The zero-order chi connectivity index (χ0) is 22.0. The molecule has 168 valence electrons. The number of hydrogen-bond donors (Lipinski definition) is 0. The van der Waals surface area contributed by atoms with Crippen LogP contribution in [-0.4, -0.2) is 58.4 Å². The second-order valence-electron chi connectivity index (χ2n) is 8.42. The van der Waals surface area contributed by atoms with E-state index in [0.717, 1.165) is 37.1 Å². The van der Waals surface area contributed by atoms with E-state index < -0.39 is 10.1 Å². The fourth-order valence-corrected chi connectivity index (χ4v) is 5.62. The Morgan fingerprint density at radius 3 is 2.61 bits per heavy atom. The zero-order valence-corrected chi connectivity index (χ0v) is 19.2. The van der Waals surface area contributed by atoms with Gasteiger partial charge in [0.05, 0.1) is 30.8 Å². The molecule has 1 saturated heterocycles. The number of benzene rings is 2. The van der Waals surface area contributed by atoms with Gasteiger partial charge in [0.25, 0.3) is 10.1 Å². The van der Waals surface area contributed by atoms with Gasteiger partial charge >= 0.3 is 0 Å². The molecule has 0 amide bonds. The molecule has 4 rings (SSSR count). The third kappa shape index (κ3) is 4.80. The number of hydrogen-bond acceptors (Lipinski definition) is 6. The summed E-state index contributed by atoms with van der Waals surface area (Å²) in [7, 11) is -2.12. The van der Waals surface area contributed by atoms with Crippen molar-refractivity contribution in [2.75, 3.05) is 26.8 Å². The molecule has 1 aliphatic carbocycles. The minimum atomic E-state index is -3.81. The zero-order valence-electron chi connectivity index (χ0n) is 18.4. The lowest BCUT2D eigenvalue weighted by Crippen LogP contribution is -2.59. The van der Waals surface area contributed by atoms with Crippen molar-refractivity contribution < 1.29 is 22.1 Å². The van der Waals surface area contributed by atoms with Gasteiger partial charge in [-0.15, -0.1) is 0 Å². The average Bonchev–Trinajstić information content (AvgIpc) is 2.76. The van der Waals surface area contributed by atoms with E-state index in [9.17, 15) is 8.42 Å². The Balaban J connectivity index is 1.49. The highest BCUT2D eigenvalue weighted by Crippen LogP contribution is 2.35. The smallest absolute Gasteiger partial charge is 0.297 e. The summed E-state index contributed by atoms with van der Waals surface area (Å²) in [5.41, 5.74) is 3.50. The third-order valence-electron chi connectivity index (χ3n) is 6.22. The first-order valence-electron chi connectivity index (χ1n) is 10.9. The number of morpholine rings is 1. The lowest BCUT2D eigenvalue weighted by atomic mass is 9.83. The second-order valence-corrected chi connectivity index (χ2v) is 10.0. The van der Waals surface area contributed by atoms with E-state index in [4.69, 9.17) is 13.7 Å². The largest absolute Gasteiger partial charge is 0.496 e. The summed E-state index contributed by atoms with van der Waals surface area (Å²) in [6.45, 7) is 5.71. The highest BCUT2D eigenvalue weighted by molar-refractivity contribution is 7.86. The van der Waals surface area contributed by atoms with E-state index in [-0.39, 0.29) is 29.8 Å². The molecule has 1 fully saturated rings. The van der Waals surface area contributed by atoms with Crippen molar-refractivity contribution in [3.8, 4) is 5.75 Å². The van der Waals surface area contributed by atoms with Crippen molar-refractivity contribution >= 4 is 10.1 Å². The monoisotopic (exact) mass is 445 g/mol. The molecule has 1 aliphatic heterocycles. The van der Waals surface area contributed by atoms with Crippen LogP contribution in [0.15, 0.2) is 47.4 Å². The molecule has 0 unspecified atom stereocenters. The van der Waals surface area contributed by atoms with Gasteiger partial charge in [0.15, 0.2) is 0 Å². The van der Waals surface area contributed by atoms with Gasteiger partial charge in [0, 0.05) is 19.0 Å². The molecule has 1 heterocycles. The molecule has 2 aromatic rings. The highest BCUT2D eigenvalue weighted by atomic mass is 32.2. The van der Waals surface area contributed by atoms with Gasteiger partial charge in [-0.1, -0.05) is 36.8 Å². The number of nitrogens with zero attached hydrogens (tertiary/aromatic N) is 1. The number of fused-ring (bicyclic) bond motifs is 2. The molecule has 3 atom stereocenters. The number of rotatable bonds is 7. The quantitative estimate of drug-likeness (QED) is 0.609. The van der Waals surface area contributed by atoms with Crippen molar-refractivity contribution in [1.82, 2.24) is 4.90 Å². The lowest BCUT2D eigenvalue weighted by molar-refractivity contribution is -0.132. The maximum Gasteiger partial charge on any atom is 0.297 e. The van der Waals surface area contributed by atoms with Gasteiger partial charge < -0.3 is 9.47 Å². The summed E-state index contributed by atoms with van der Waals surface area (Å²) in [5, 5.41) is 0. The van der Waals surface area contributed by atoms with E-state index in [2.05, 4.69) is 17.9 Å². The molecule has 7 heteroatoms. The number of ether oxygens (including phenoxy) is 2. The Morgan fingerprint density at radius 1 is 1.13 bits per heavy atom. The minimum Gasteiger partial charge on any atom is -0.496 e. The van der Waals surface area contributed by atoms with Gasteiger partial charge in [0.1, 0.15) is 5.75 Å². The van der Waals surface area contributed by atoms with Gasteiger partial charge in [-0.05, 0) is 55.6 Å². The predicted molar refractivity (Wildman–Crippen MR) is 119 cm³/mol. The van der Waals surface area contributed by atoms with Crippen LogP contribution >= 0.6 is 0 Å². The van der Waals surface area contributed by atoms with Crippen LogP contribution in [-0.2, 0) is 31.9 Å². The minimum absolute atomic E-state index is 0.0123. The first-order chi connectivity index (χ1) is 14.9. The summed E-state index contributed by atoms with van der Waals surface area (Å²) in [4.78, 5) is 2.61. The van der Waals surface area contributed by atoms with Crippen LogP contribution in [0.2, 0.25) is 0 Å². The molecule has 2 aromatic carbocycles. The summed E-state index contributed by atoms with van der Waals surface area (Å²) in [5.74, 6) is 0.891. The normalized spacial score (nSPS) is 23.8. The van der Waals surface area contributed by atoms with Crippen LogP contribution in [0.4, 0.5) is 0 Å². The summed E-state index contributed by atoms with van der Waals surface area (Å²) < 4.78 is 42.6. The topological polar surface area (TPSA) is 65.1 Å². The average molecular weight is 446 g/mol. The maximum atomic E-state index is 12.6. The molecule has 0 radical (unpaired) electrons. The van der Waals surface area contributed by atoms with Gasteiger partial charge in [-0.25, -0.2) is 0 Å². The number of aryl methyl sites for hydroxylation is 1. The van der Waals surface area contributed by atoms with E-state index in [0.29, 0.717) is 6.54 Å². The molecule has 0 bridgehead atoms.